The lowest BCUT2D eigenvalue weighted by Crippen LogP contribution is -2.50. The number of amides is 3. The van der Waals surface area contributed by atoms with E-state index in [4.69, 9.17) is 4.74 Å². The van der Waals surface area contributed by atoms with Gasteiger partial charge in [-0.25, -0.2) is 14.8 Å². The first-order chi connectivity index (χ1) is 14.9. The highest BCUT2D eigenvalue weighted by Gasteiger charge is 2.61. The minimum atomic E-state index is -0.920. The lowest BCUT2D eigenvalue weighted by Gasteiger charge is -2.33. The normalized spacial score (nSPS) is 23.6. The molecule has 0 radical (unpaired) electrons. The van der Waals surface area contributed by atoms with Crippen molar-refractivity contribution in [1.29, 1.82) is 0 Å². The molecular weight excluding hydrogens is 509 g/mol. The zero-order valence-corrected chi connectivity index (χ0v) is 19.3. The molecule has 2 aliphatic heterocycles. The maximum atomic E-state index is 13.0. The number of rotatable bonds is 4. The number of hydrogen-bond acceptors (Lipinski definition) is 5. The summed E-state index contributed by atoms with van der Waals surface area (Å²) >= 11 is 2.24. The third-order valence-corrected chi connectivity index (χ3v) is 6.78. The monoisotopic (exact) mass is 531 g/mol. The van der Waals surface area contributed by atoms with Crippen LogP contribution in [0.2, 0.25) is 0 Å². The van der Waals surface area contributed by atoms with Crippen LogP contribution >= 0.6 is 22.6 Å². The predicted octanol–water partition coefficient (Wildman–Crippen LogP) is 3.16. The van der Waals surface area contributed by atoms with E-state index in [0.717, 1.165) is 19.6 Å². The fourth-order valence-corrected chi connectivity index (χ4v) is 4.74. The minimum Gasteiger partial charge on any atom is -0.452 e. The number of benzene rings is 2. The van der Waals surface area contributed by atoms with E-state index >= 15 is 0 Å². The standard InChI is InChI=1S/C23H22IN3O4/c1-25-21(28)19-18(13-12-15-8-4-3-5-9-15)26(14-16-10-6-7-11-17(16)24)27(23(30)31-2)20(19)22(25)29/h3-13,18-20H,14H2,1-2H3/b13-12-/t18-,19+,20-/m0/s1. The Morgan fingerprint density at radius 3 is 2.42 bits per heavy atom. The Labute approximate surface area is 194 Å². The summed E-state index contributed by atoms with van der Waals surface area (Å²) in [5.74, 6) is -1.39. The maximum Gasteiger partial charge on any atom is 0.424 e. The fourth-order valence-electron chi connectivity index (χ4n) is 4.19. The number of hydrazine groups is 1. The van der Waals surface area contributed by atoms with Crippen LogP contribution in [0.15, 0.2) is 60.7 Å². The molecule has 4 rings (SSSR count). The molecule has 2 aromatic carbocycles. The first-order valence-corrected chi connectivity index (χ1v) is 10.9. The van der Waals surface area contributed by atoms with Crippen LogP contribution in [0.25, 0.3) is 6.08 Å². The molecule has 2 heterocycles. The molecule has 0 aliphatic carbocycles. The molecule has 2 aromatic rings. The summed E-state index contributed by atoms with van der Waals surface area (Å²) in [6.07, 6.45) is 3.16. The van der Waals surface area contributed by atoms with Crippen LogP contribution in [-0.2, 0) is 20.9 Å². The molecule has 0 spiro atoms. The van der Waals surface area contributed by atoms with Gasteiger partial charge in [-0.3, -0.25) is 14.5 Å². The zero-order chi connectivity index (χ0) is 22.1. The summed E-state index contributed by atoms with van der Waals surface area (Å²) in [5, 5.41) is 3.10. The summed E-state index contributed by atoms with van der Waals surface area (Å²) in [7, 11) is 2.74. The lowest BCUT2D eigenvalue weighted by atomic mass is 9.94. The van der Waals surface area contributed by atoms with Gasteiger partial charge in [-0.05, 0) is 39.8 Å². The van der Waals surface area contributed by atoms with E-state index in [0.29, 0.717) is 6.54 Å². The number of methoxy groups -OCH3 is 1. The van der Waals surface area contributed by atoms with Crippen molar-refractivity contribution in [2.45, 2.75) is 18.6 Å². The smallest absolute Gasteiger partial charge is 0.424 e. The molecule has 7 nitrogen and oxygen atoms in total. The number of likely N-dealkylation sites (tertiary alicyclic amines) is 1. The van der Waals surface area contributed by atoms with Gasteiger partial charge < -0.3 is 4.74 Å². The molecular formula is C23H22IN3O4. The third-order valence-electron chi connectivity index (χ3n) is 5.73. The van der Waals surface area contributed by atoms with Gasteiger partial charge in [-0.1, -0.05) is 60.7 Å². The van der Waals surface area contributed by atoms with E-state index in [2.05, 4.69) is 22.6 Å². The highest BCUT2D eigenvalue weighted by atomic mass is 127. The number of carbonyl (C=O) groups is 3. The molecule has 0 aromatic heterocycles. The molecule has 0 unspecified atom stereocenters. The van der Waals surface area contributed by atoms with Crippen molar-refractivity contribution in [3.05, 3.63) is 75.4 Å². The van der Waals surface area contributed by atoms with Crippen LogP contribution in [0, 0.1) is 9.49 Å². The number of likely N-dealkylation sites (N-methyl/N-ethyl adjacent to an activating group) is 1. The Hall–Kier alpha value is -2.72. The highest BCUT2D eigenvalue weighted by Crippen LogP contribution is 2.40. The van der Waals surface area contributed by atoms with Crippen molar-refractivity contribution in [2.75, 3.05) is 14.2 Å². The van der Waals surface area contributed by atoms with Gasteiger partial charge in [0.15, 0.2) is 0 Å². The second kappa shape index (κ2) is 8.80. The van der Waals surface area contributed by atoms with Gasteiger partial charge in [0.2, 0.25) is 5.91 Å². The molecule has 2 fully saturated rings. The molecule has 160 valence electrons. The number of imide groups is 1. The van der Waals surface area contributed by atoms with Crippen molar-refractivity contribution in [2.24, 2.45) is 5.92 Å². The number of hydrogen-bond donors (Lipinski definition) is 0. The van der Waals surface area contributed by atoms with Crippen LogP contribution < -0.4 is 0 Å². The number of halogens is 1. The van der Waals surface area contributed by atoms with E-state index in [-0.39, 0.29) is 5.91 Å². The Morgan fingerprint density at radius 1 is 1.06 bits per heavy atom. The number of nitrogens with zero attached hydrogens (tertiary/aromatic N) is 3. The molecule has 3 amide bonds. The number of carbonyl (C=O) groups excluding carboxylic acids is 3. The lowest BCUT2D eigenvalue weighted by molar-refractivity contribution is -0.142. The predicted molar refractivity (Wildman–Crippen MR) is 123 cm³/mol. The second-order valence-electron chi connectivity index (χ2n) is 7.47. The first-order valence-electron chi connectivity index (χ1n) is 9.86. The van der Waals surface area contributed by atoms with Crippen molar-refractivity contribution >= 4 is 46.6 Å². The second-order valence-corrected chi connectivity index (χ2v) is 8.63. The summed E-state index contributed by atoms with van der Waals surface area (Å²) in [5.41, 5.74) is 1.96. The maximum absolute atomic E-state index is 13.0. The van der Waals surface area contributed by atoms with Crippen molar-refractivity contribution < 1.29 is 19.1 Å². The van der Waals surface area contributed by atoms with Crippen LogP contribution in [-0.4, -0.2) is 59.1 Å². The molecule has 0 bridgehead atoms. The van der Waals surface area contributed by atoms with Crippen LogP contribution in [0.1, 0.15) is 11.1 Å². The number of fused-ring (bicyclic) bond motifs is 1. The van der Waals surface area contributed by atoms with Crippen molar-refractivity contribution in [3.8, 4) is 0 Å². The first kappa shape index (κ1) is 21.5. The molecule has 0 saturated carbocycles. The molecule has 31 heavy (non-hydrogen) atoms. The average molecular weight is 531 g/mol. The van der Waals surface area contributed by atoms with Crippen molar-refractivity contribution in [1.82, 2.24) is 14.9 Å². The number of ether oxygens (including phenoxy) is 1. The van der Waals surface area contributed by atoms with Gasteiger partial charge in [0, 0.05) is 17.2 Å². The minimum absolute atomic E-state index is 0.295. The largest absolute Gasteiger partial charge is 0.452 e. The summed E-state index contributed by atoms with van der Waals surface area (Å²) < 4.78 is 6.04. The molecule has 8 heteroatoms. The Bertz CT molecular complexity index is 1040. The van der Waals surface area contributed by atoms with E-state index in [1.807, 2.05) is 66.7 Å². The highest BCUT2D eigenvalue weighted by molar-refractivity contribution is 14.1. The van der Waals surface area contributed by atoms with Gasteiger partial charge >= 0.3 is 6.09 Å². The van der Waals surface area contributed by atoms with E-state index < -0.39 is 30.0 Å². The summed E-state index contributed by atoms with van der Waals surface area (Å²) in [6.45, 7) is 0.356. The van der Waals surface area contributed by atoms with Crippen LogP contribution in [0.3, 0.4) is 0 Å². The molecule has 2 aliphatic rings. The van der Waals surface area contributed by atoms with Crippen LogP contribution in [0.4, 0.5) is 4.79 Å². The van der Waals surface area contributed by atoms with Gasteiger partial charge in [0.1, 0.15) is 6.04 Å². The van der Waals surface area contributed by atoms with Gasteiger partial charge in [0.25, 0.3) is 5.91 Å². The van der Waals surface area contributed by atoms with E-state index in [1.165, 1.54) is 19.2 Å². The SMILES string of the molecule is COC(=O)N1[C@@H]2C(=O)N(C)C(=O)[C@@H]2[C@H](/C=C\c2ccccc2)N1Cc1ccccc1I. The Balaban J connectivity index is 1.79. The summed E-state index contributed by atoms with van der Waals surface area (Å²) in [4.78, 5) is 39.8. The van der Waals surface area contributed by atoms with Crippen molar-refractivity contribution in [3.63, 3.8) is 0 Å². The van der Waals surface area contributed by atoms with Gasteiger partial charge in [0.05, 0.1) is 19.1 Å². The van der Waals surface area contributed by atoms with Gasteiger partial charge in [-0.2, -0.15) is 0 Å². The third kappa shape index (κ3) is 3.85. The molecule has 3 atom stereocenters. The topological polar surface area (TPSA) is 70.2 Å². The Morgan fingerprint density at radius 2 is 1.74 bits per heavy atom. The molecule has 0 N–H and O–H groups in total. The quantitative estimate of drug-likeness (QED) is 0.448. The average Bonchev–Trinajstić information content (AvgIpc) is 3.21. The fraction of sp³-hybridized carbons (Fsp3) is 0.261. The van der Waals surface area contributed by atoms with Crippen LogP contribution in [0.5, 0.6) is 0 Å². The van der Waals surface area contributed by atoms with E-state index in [9.17, 15) is 14.4 Å². The van der Waals surface area contributed by atoms with E-state index in [1.54, 1.807) is 5.01 Å². The summed E-state index contributed by atoms with van der Waals surface area (Å²) in [6, 6.07) is 16.1. The Kier molecular flexibility index (Phi) is 6.10. The van der Waals surface area contributed by atoms with Gasteiger partial charge in [-0.15, -0.1) is 0 Å². The zero-order valence-electron chi connectivity index (χ0n) is 17.1. The molecule has 2 saturated heterocycles.